The topological polar surface area (TPSA) is 90.6 Å². The molecule has 0 unspecified atom stereocenters. The number of benzene rings is 2. The minimum Gasteiger partial charge on any atom is -0.544 e. The van der Waals surface area contributed by atoms with Crippen LogP contribution in [-0.2, 0) is 6.17 Å². The molecule has 1 aliphatic carbocycles. The fourth-order valence-electron chi connectivity index (χ4n) is 3.58. The van der Waals surface area contributed by atoms with Crippen molar-refractivity contribution in [2.45, 2.75) is 31.5 Å². The molecule has 2 aromatic carbocycles. The first-order chi connectivity index (χ1) is 15.7. The van der Waals surface area contributed by atoms with Crippen molar-refractivity contribution in [3.63, 3.8) is 0 Å². The molecule has 1 saturated carbocycles. The maximum Gasteiger partial charge on any atom is 0.253 e. The van der Waals surface area contributed by atoms with Crippen LogP contribution < -0.4 is 9.74 Å². The molecule has 0 aliphatic heterocycles. The number of aromatic nitrogens is 6. The molecule has 4 aromatic rings. The summed E-state index contributed by atoms with van der Waals surface area (Å²) in [6.07, 6.45) is 8.35. The van der Waals surface area contributed by atoms with E-state index in [0.717, 1.165) is 16.8 Å². The summed E-state index contributed by atoms with van der Waals surface area (Å²) in [5.41, 5.74) is 4.24. The molecule has 32 heavy (non-hydrogen) atoms. The number of halogens is 1. The zero-order valence-electron chi connectivity index (χ0n) is 17.5. The molecule has 0 saturated heterocycles. The van der Waals surface area contributed by atoms with E-state index in [1.165, 1.54) is 18.4 Å². The number of nitrogens with one attached hydrogen (secondary N) is 1. The van der Waals surface area contributed by atoms with E-state index >= 15 is 0 Å². The third-order valence-corrected chi connectivity index (χ3v) is 7.16. The fraction of sp³-hybridized carbons (Fsp3) is 0.227. The molecule has 0 amide bonds. The zero-order valence-corrected chi connectivity index (χ0v) is 19.4. The minimum absolute atomic E-state index is 0.570. The van der Waals surface area contributed by atoms with Crippen LogP contribution in [0, 0.1) is 0 Å². The van der Waals surface area contributed by atoms with Crippen molar-refractivity contribution in [2.24, 2.45) is 0 Å². The Morgan fingerprint density at radius 2 is 1.94 bits per heavy atom. The van der Waals surface area contributed by atoms with Gasteiger partial charge in [-0.25, -0.2) is 14.6 Å². The molecule has 10 heteroatoms. The van der Waals surface area contributed by atoms with Gasteiger partial charge >= 0.3 is 0 Å². The standard InChI is InChI=1S/C22H22ClN7OSi/c1-32(14-30-13-26-28-29-30)31-21-10-16(8-9-19(21)23)17-11-24-22(25-12-17)27-20-5-3-2-4-18(20)15-6-7-15/h2-5,8-13,15,32H,6-7,14H2,1H3,(H,24,25,27)/t32-/m0/s1. The van der Waals surface area contributed by atoms with Crippen molar-refractivity contribution >= 4 is 32.3 Å². The van der Waals surface area contributed by atoms with Crippen molar-refractivity contribution in [3.8, 4) is 16.9 Å². The molecular weight excluding hydrogens is 442 g/mol. The van der Waals surface area contributed by atoms with E-state index in [9.17, 15) is 0 Å². The second-order valence-corrected chi connectivity index (χ2v) is 10.5. The summed E-state index contributed by atoms with van der Waals surface area (Å²) in [5.74, 6) is 1.88. The molecule has 0 spiro atoms. The lowest BCUT2D eigenvalue weighted by Gasteiger charge is -2.15. The molecule has 1 atom stereocenters. The van der Waals surface area contributed by atoms with Crippen LogP contribution in [0.5, 0.6) is 5.75 Å². The van der Waals surface area contributed by atoms with Gasteiger partial charge in [0.2, 0.25) is 5.95 Å². The van der Waals surface area contributed by atoms with Crippen LogP contribution in [-0.4, -0.2) is 39.2 Å². The molecule has 2 heterocycles. The Balaban J connectivity index is 1.30. The monoisotopic (exact) mass is 463 g/mol. The van der Waals surface area contributed by atoms with Crippen molar-refractivity contribution in [2.75, 3.05) is 5.32 Å². The first-order valence-corrected chi connectivity index (χ1v) is 13.3. The molecule has 162 valence electrons. The van der Waals surface area contributed by atoms with Crippen LogP contribution in [0.25, 0.3) is 11.1 Å². The Hall–Kier alpha value is -3.30. The predicted octanol–water partition coefficient (Wildman–Crippen LogP) is 4.38. The van der Waals surface area contributed by atoms with Gasteiger partial charge in [-0.15, -0.1) is 5.10 Å². The molecule has 1 aliphatic rings. The molecule has 0 bridgehead atoms. The number of hydrogen-bond donors (Lipinski definition) is 1. The minimum atomic E-state index is -1.63. The van der Waals surface area contributed by atoms with Crippen LogP contribution in [0.3, 0.4) is 0 Å². The average molecular weight is 464 g/mol. The van der Waals surface area contributed by atoms with E-state index in [0.29, 0.717) is 28.8 Å². The van der Waals surface area contributed by atoms with Crippen molar-refractivity contribution in [1.82, 2.24) is 30.2 Å². The lowest BCUT2D eigenvalue weighted by atomic mass is 10.1. The predicted molar refractivity (Wildman–Crippen MR) is 126 cm³/mol. The summed E-state index contributed by atoms with van der Waals surface area (Å²) < 4.78 is 7.84. The molecule has 2 aromatic heterocycles. The average Bonchev–Trinajstić information content (AvgIpc) is 3.53. The SMILES string of the molecule is C[Si@@H](Cn1cnnn1)Oc1cc(-c2cnc(Nc3ccccc3C3CC3)nc2)ccc1Cl. The van der Waals surface area contributed by atoms with Gasteiger partial charge < -0.3 is 9.74 Å². The maximum absolute atomic E-state index is 6.38. The summed E-state index contributed by atoms with van der Waals surface area (Å²) in [7, 11) is -1.63. The summed E-state index contributed by atoms with van der Waals surface area (Å²) in [6.45, 7) is 2.08. The molecule has 8 nitrogen and oxygen atoms in total. The summed E-state index contributed by atoms with van der Waals surface area (Å²) in [4.78, 5) is 9.04. The highest BCUT2D eigenvalue weighted by Gasteiger charge is 2.25. The van der Waals surface area contributed by atoms with E-state index in [1.54, 1.807) is 11.0 Å². The van der Waals surface area contributed by atoms with Gasteiger partial charge in [-0.2, -0.15) is 0 Å². The third kappa shape index (κ3) is 4.79. The van der Waals surface area contributed by atoms with Gasteiger partial charge in [0.15, 0.2) is 0 Å². The number of anilines is 2. The van der Waals surface area contributed by atoms with Crippen LogP contribution in [0.2, 0.25) is 11.6 Å². The number of tetrazole rings is 1. The van der Waals surface area contributed by atoms with Crippen LogP contribution in [0.15, 0.2) is 61.2 Å². The Bertz CT molecular complexity index is 1200. The van der Waals surface area contributed by atoms with Gasteiger partial charge in [0.25, 0.3) is 9.04 Å². The molecular formula is C22H22ClN7OSi. The molecule has 0 radical (unpaired) electrons. The van der Waals surface area contributed by atoms with Crippen molar-refractivity contribution in [3.05, 3.63) is 71.8 Å². The van der Waals surface area contributed by atoms with E-state index in [1.807, 2.05) is 36.7 Å². The fourth-order valence-corrected chi connectivity index (χ4v) is 5.21. The summed E-state index contributed by atoms with van der Waals surface area (Å²) >= 11 is 6.38. The Morgan fingerprint density at radius 1 is 1.12 bits per heavy atom. The normalized spacial score (nSPS) is 14.2. The Morgan fingerprint density at radius 3 is 2.69 bits per heavy atom. The lowest BCUT2D eigenvalue weighted by molar-refractivity contribution is 0.542. The second-order valence-electron chi connectivity index (χ2n) is 7.89. The molecule has 1 fully saturated rings. The number of para-hydroxylation sites is 1. The largest absolute Gasteiger partial charge is 0.544 e. The third-order valence-electron chi connectivity index (χ3n) is 5.30. The maximum atomic E-state index is 6.38. The quantitative estimate of drug-likeness (QED) is 0.388. The van der Waals surface area contributed by atoms with Crippen LogP contribution >= 0.6 is 11.6 Å². The Kier molecular flexibility index (Phi) is 5.83. The highest BCUT2D eigenvalue weighted by molar-refractivity contribution is 6.50. The molecule has 1 N–H and O–H groups in total. The Labute approximate surface area is 192 Å². The van der Waals surface area contributed by atoms with Gasteiger partial charge in [0.1, 0.15) is 12.1 Å². The summed E-state index contributed by atoms with van der Waals surface area (Å²) in [6, 6.07) is 14.1. The van der Waals surface area contributed by atoms with Gasteiger partial charge in [0, 0.05) is 23.6 Å². The number of hydrogen-bond acceptors (Lipinski definition) is 7. The van der Waals surface area contributed by atoms with Crippen molar-refractivity contribution in [1.29, 1.82) is 0 Å². The number of rotatable bonds is 8. The number of nitrogens with zero attached hydrogens (tertiary/aromatic N) is 6. The smallest absolute Gasteiger partial charge is 0.253 e. The van der Waals surface area contributed by atoms with Gasteiger partial charge in [-0.3, -0.25) is 0 Å². The zero-order chi connectivity index (χ0) is 21.9. The van der Waals surface area contributed by atoms with Gasteiger partial charge in [-0.1, -0.05) is 35.9 Å². The first-order valence-electron chi connectivity index (χ1n) is 10.5. The van der Waals surface area contributed by atoms with E-state index < -0.39 is 9.04 Å². The first kappa shape index (κ1) is 20.6. The van der Waals surface area contributed by atoms with Crippen molar-refractivity contribution < 1.29 is 4.43 Å². The van der Waals surface area contributed by atoms with E-state index in [4.69, 9.17) is 16.0 Å². The highest BCUT2D eigenvalue weighted by Crippen LogP contribution is 2.43. The molecule has 5 rings (SSSR count). The van der Waals surface area contributed by atoms with Gasteiger partial charge in [0.05, 0.1) is 11.2 Å². The summed E-state index contributed by atoms with van der Waals surface area (Å²) in [5, 5.41) is 15.1. The van der Waals surface area contributed by atoms with E-state index in [2.05, 4.69) is 55.6 Å². The van der Waals surface area contributed by atoms with Crippen LogP contribution in [0.1, 0.15) is 24.3 Å². The van der Waals surface area contributed by atoms with Crippen LogP contribution in [0.4, 0.5) is 11.6 Å². The highest BCUT2D eigenvalue weighted by atomic mass is 35.5. The van der Waals surface area contributed by atoms with E-state index in [-0.39, 0.29) is 0 Å². The lowest BCUT2D eigenvalue weighted by Crippen LogP contribution is -2.25. The second kappa shape index (κ2) is 9.05. The van der Waals surface area contributed by atoms with Gasteiger partial charge in [-0.05, 0) is 65.1 Å².